The molecular formula is C9H8N2OS. The molecule has 0 saturated heterocycles. The molecule has 1 heterocycles. The number of hydrogen-bond acceptors (Lipinski definition) is 4. The van der Waals surface area contributed by atoms with Crippen molar-refractivity contribution in [3.05, 3.63) is 29.3 Å². The molecule has 2 rings (SSSR count). The number of para-hydroxylation sites is 1. The Bertz CT molecular complexity index is 428. The molecule has 1 aromatic carbocycles. The lowest BCUT2D eigenvalue weighted by Gasteiger charge is -1.86. The Kier molecular flexibility index (Phi) is 1.98. The van der Waals surface area contributed by atoms with Crippen LogP contribution >= 0.6 is 11.3 Å². The molecule has 4 heteroatoms. The van der Waals surface area contributed by atoms with Gasteiger partial charge in [0.1, 0.15) is 10.7 Å². The lowest BCUT2D eigenvalue weighted by molar-refractivity contribution is 0.319. The number of oxime groups is 1. The molecule has 66 valence electrons. The van der Waals surface area contributed by atoms with E-state index in [1.807, 2.05) is 24.3 Å². The van der Waals surface area contributed by atoms with E-state index in [4.69, 9.17) is 5.21 Å². The van der Waals surface area contributed by atoms with Gasteiger partial charge in [0.2, 0.25) is 0 Å². The predicted molar refractivity (Wildman–Crippen MR) is 53.6 cm³/mol. The monoisotopic (exact) mass is 192 g/mol. The molecule has 3 nitrogen and oxygen atoms in total. The molecule has 0 saturated carbocycles. The summed E-state index contributed by atoms with van der Waals surface area (Å²) in [5.74, 6) is 0. The molecule has 2 aromatic rings. The van der Waals surface area contributed by atoms with Crippen LogP contribution in [0.3, 0.4) is 0 Å². The van der Waals surface area contributed by atoms with Crippen molar-refractivity contribution in [1.82, 2.24) is 4.98 Å². The van der Waals surface area contributed by atoms with E-state index in [0.29, 0.717) is 5.71 Å². The second-order valence-corrected chi connectivity index (χ2v) is 3.70. The summed E-state index contributed by atoms with van der Waals surface area (Å²) in [4.78, 5) is 4.31. The topological polar surface area (TPSA) is 45.5 Å². The maximum absolute atomic E-state index is 8.57. The normalized spacial score (nSPS) is 12.2. The summed E-state index contributed by atoms with van der Waals surface area (Å²) < 4.78 is 1.11. The van der Waals surface area contributed by atoms with Crippen molar-refractivity contribution in [2.75, 3.05) is 0 Å². The van der Waals surface area contributed by atoms with Crippen molar-refractivity contribution in [3.8, 4) is 0 Å². The highest BCUT2D eigenvalue weighted by Crippen LogP contribution is 2.21. The highest BCUT2D eigenvalue weighted by atomic mass is 32.1. The lowest BCUT2D eigenvalue weighted by atomic mass is 10.3. The summed E-state index contributed by atoms with van der Waals surface area (Å²) in [6.07, 6.45) is 0. The summed E-state index contributed by atoms with van der Waals surface area (Å²) in [5, 5.41) is 12.5. The Morgan fingerprint density at radius 1 is 1.46 bits per heavy atom. The van der Waals surface area contributed by atoms with Gasteiger partial charge in [-0.25, -0.2) is 4.98 Å². The summed E-state index contributed by atoms with van der Waals surface area (Å²) in [6, 6.07) is 7.86. The van der Waals surface area contributed by atoms with Crippen molar-refractivity contribution in [1.29, 1.82) is 0 Å². The SMILES string of the molecule is C/C(=N\O)c1nc2ccccc2s1. The molecule has 0 radical (unpaired) electrons. The first-order chi connectivity index (χ1) is 6.31. The standard InChI is InChI=1S/C9H8N2OS/c1-6(11-12)9-10-7-4-2-3-5-8(7)13-9/h2-5,12H,1H3/b11-6+. The Labute approximate surface area is 79.3 Å². The summed E-state index contributed by atoms with van der Waals surface area (Å²) in [7, 11) is 0. The molecule has 13 heavy (non-hydrogen) atoms. The summed E-state index contributed by atoms with van der Waals surface area (Å²) in [5.41, 5.74) is 1.51. The van der Waals surface area contributed by atoms with Gasteiger partial charge >= 0.3 is 0 Å². The number of fused-ring (bicyclic) bond motifs is 1. The van der Waals surface area contributed by atoms with E-state index in [1.165, 1.54) is 11.3 Å². The zero-order valence-corrected chi connectivity index (χ0v) is 7.88. The van der Waals surface area contributed by atoms with Crippen molar-refractivity contribution < 1.29 is 5.21 Å². The first kappa shape index (κ1) is 8.19. The zero-order chi connectivity index (χ0) is 9.26. The molecule has 0 aliphatic carbocycles. The van der Waals surface area contributed by atoms with Gasteiger partial charge in [0.15, 0.2) is 0 Å². The molecule has 1 N–H and O–H groups in total. The first-order valence-corrected chi connectivity index (χ1v) is 4.67. The van der Waals surface area contributed by atoms with Crippen molar-refractivity contribution in [3.63, 3.8) is 0 Å². The fourth-order valence-corrected chi connectivity index (χ4v) is 1.98. The molecule has 0 spiro atoms. The van der Waals surface area contributed by atoms with Gasteiger partial charge in [-0.1, -0.05) is 17.3 Å². The van der Waals surface area contributed by atoms with E-state index in [2.05, 4.69) is 10.1 Å². The maximum atomic E-state index is 8.57. The molecule has 0 aliphatic heterocycles. The number of thiazole rings is 1. The van der Waals surface area contributed by atoms with Crippen LogP contribution in [0.15, 0.2) is 29.4 Å². The van der Waals surface area contributed by atoms with E-state index < -0.39 is 0 Å². The second kappa shape index (κ2) is 3.14. The third kappa shape index (κ3) is 1.40. The molecular weight excluding hydrogens is 184 g/mol. The minimum Gasteiger partial charge on any atom is -0.411 e. The number of benzene rings is 1. The Morgan fingerprint density at radius 3 is 2.92 bits per heavy atom. The van der Waals surface area contributed by atoms with Crippen LogP contribution < -0.4 is 0 Å². The van der Waals surface area contributed by atoms with Crippen LogP contribution in [0, 0.1) is 0 Å². The van der Waals surface area contributed by atoms with Gasteiger partial charge in [0, 0.05) is 0 Å². The molecule has 0 amide bonds. The molecule has 0 aliphatic rings. The summed E-state index contributed by atoms with van der Waals surface area (Å²) >= 11 is 1.53. The minimum absolute atomic E-state index is 0.557. The Morgan fingerprint density at radius 2 is 2.23 bits per heavy atom. The Hall–Kier alpha value is -1.42. The van der Waals surface area contributed by atoms with E-state index in [1.54, 1.807) is 6.92 Å². The van der Waals surface area contributed by atoms with Gasteiger partial charge in [-0.3, -0.25) is 0 Å². The first-order valence-electron chi connectivity index (χ1n) is 3.86. The number of hydrogen-bond donors (Lipinski definition) is 1. The van der Waals surface area contributed by atoms with Crippen LogP contribution in [0.2, 0.25) is 0 Å². The van der Waals surface area contributed by atoms with Gasteiger partial charge in [0.05, 0.1) is 10.2 Å². The van der Waals surface area contributed by atoms with Crippen LogP contribution in [-0.4, -0.2) is 15.9 Å². The van der Waals surface area contributed by atoms with Crippen molar-refractivity contribution in [2.45, 2.75) is 6.92 Å². The third-order valence-electron chi connectivity index (χ3n) is 1.75. The molecule has 0 unspecified atom stereocenters. The van der Waals surface area contributed by atoms with Crippen LogP contribution in [0.5, 0.6) is 0 Å². The van der Waals surface area contributed by atoms with E-state index in [-0.39, 0.29) is 0 Å². The zero-order valence-electron chi connectivity index (χ0n) is 7.06. The highest BCUT2D eigenvalue weighted by molar-refractivity contribution is 7.20. The quantitative estimate of drug-likeness (QED) is 0.428. The molecule has 0 bridgehead atoms. The largest absolute Gasteiger partial charge is 0.411 e. The van der Waals surface area contributed by atoms with E-state index in [0.717, 1.165) is 15.2 Å². The number of aromatic nitrogens is 1. The van der Waals surface area contributed by atoms with Gasteiger partial charge < -0.3 is 5.21 Å². The van der Waals surface area contributed by atoms with Crippen LogP contribution in [-0.2, 0) is 0 Å². The van der Waals surface area contributed by atoms with E-state index >= 15 is 0 Å². The summed E-state index contributed by atoms with van der Waals surface area (Å²) in [6.45, 7) is 1.73. The second-order valence-electron chi connectivity index (χ2n) is 2.67. The van der Waals surface area contributed by atoms with Crippen LogP contribution in [0.25, 0.3) is 10.2 Å². The predicted octanol–water partition coefficient (Wildman–Crippen LogP) is 2.49. The number of nitrogens with zero attached hydrogens (tertiary/aromatic N) is 2. The molecule has 0 fully saturated rings. The Balaban J connectivity index is 2.62. The van der Waals surface area contributed by atoms with Gasteiger partial charge in [-0.15, -0.1) is 11.3 Å². The minimum atomic E-state index is 0.557. The van der Waals surface area contributed by atoms with E-state index in [9.17, 15) is 0 Å². The van der Waals surface area contributed by atoms with Crippen LogP contribution in [0.1, 0.15) is 11.9 Å². The highest BCUT2D eigenvalue weighted by Gasteiger charge is 2.05. The third-order valence-corrected chi connectivity index (χ3v) is 2.90. The number of rotatable bonds is 1. The maximum Gasteiger partial charge on any atom is 0.142 e. The average molecular weight is 192 g/mol. The fourth-order valence-electron chi connectivity index (χ4n) is 1.07. The van der Waals surface area contributed by atoms with Crippen LogP contribution in [0.4, 0.5) is 0 Å². The van der Waals surface area contributed by atoms with Gasteiger partial charge in [-0.05, 0) is 19.1 Å². The average Bonchev–Trinajstić information content (AvgIpc) is 2.59. The van der Waals surface area contributed by atoms with Gasteiger partial charge in [0.25, 0.3) is 0 Å². The van der Waals surface area contributed by atoms with Gasteiger partial charge in [-0.2, -0.15) is 0 Å². The van der Waals surface area contributed by atoms with Crippen molar-refractivity contribution in [2.24, 2.45) is 5.16 Å². The lowest BCUT2D eigenvalue weighted by Crippen LogP contribution is -1.91. The van der Waals surface area contributed by atoms with Crippen molar-refractivity contribution >= 4 is 27.3 Å². The fraction of sp³-hybridized carbons (Fsp3) is 0.111. The molecule has 1 aromatic heterocycles. The smallest absolute Gasteiger partial charge is 0.142 e. The molecule has 0 atom stereocenters.